The molecule has 0 aromatic carbocycles. The number of nitrogens with zero attached hydrogens (tertiary/aromatic N) is 2. The number of nitrogens with two attached hydrogens (primary N) is 1. The number of thiazole rings is 1. The maximum atomic E-state index is 5.70. The van der Waals surface area contributed by atoms with Crippen molar-refractivity contribution in [2.45, 2.75) is 6.92 Å². The molecule has 1 aromatic heterocycles. The van der Waals surface area contributed by atoms with Crippen molar-refractivity contribution in [3.63, 3.8) is 0 Å². The molecule has 1 rings (SSSR count). The molecule has 2 N–H and O–H groups in total. The molecule has 0 aliphatic heterocycles. The Kier molecular flexibility index (Phi) is 3.78. The summed E-state index contributed by atoms with van der Waals surface area (Å²) >= 11 is 7.25. The lowest BCUT2D eigenvalue weighted by molar-refractivity contribution is 0.812. The lowest BCUT2D eigenvalue weighted by Crippen LogP contribution is -2.28. The zero-order valence-electron chi connectivity index (χ0n) is 6.96. The molecule has 12 heavy (non-hydrogen) atoms. The van der Waals surface area contributed by atoms with Crippen LogP contribution in [0.4, 0.5) is 5.13 Å². The Hall–Kier alpha value is -0.320. The molecule has 3 nitrogen and oxygen atoms in total. The summed E-state index contributed by atoms with van der Waals surface area (Å²) in [4.78, 5) is 6.26. The molecule has 0 aliphatic carbocycles. The van der Waals surface area contributed by atoms with Gasteiger partial charge in [-0.1, -0.05) is 11.6 Å². The maximum Gasteiger partial charge on any atom is 0.186 e. The molecule has 0 spiro atoms. The quantitative estimate of drug-likeness (QED) is 0.812. The molecule has 0 bridgehead atoms. The van der Waals surface area contributed by atoms with Gasteiger partial charge in [0.15, 0.2) is 5.13 Å². The van der Waals surface area contributed by atoms with E-state index in [0.29, 0.717) is 11.7 Å². The van der Waals surface area contributed by atoms with Gasteiger partial charge < -0.3 is 10.6 Å². The molecule has 0 amide bonds. The molecule has 0 atom stereocenters. The first kappa shape index (κ1) is 9.77. The normalized spacial score (nSPS) is 10.2. The van der Waals surface area contributed by atoms with Gasteiger partial charge in [0, 0.05) is 25.0 Å². The van der Waals surface area contributed by atoms with E-state index in [1.807, 2.05) is 5.38 Å². The predicted molar refractivity (Wildman–Crippen MR) is 54.1 cm³/mol. The standard InChI is InChI=1S/C7H12ClN3S/c1-2-11(4-3-9)7-10-6(8)5-12-7/h5H,2-4,9H2,1H3. The minimum absolute atomic E-state index is 0.561. The van der Waals surface area contributed by atoms with Gasteiger partial charge in [-0.05, 0) is 6.92 Å². The Morgan fingerprint density at radius 3 is 2.92 bits per heavy atom. The second-order valence-corrected chi connectivity index (χ2v) is 3.54. The van der Waals surface area contributed by atoms with Crippen molar-refractivity contribution in [1.82, 2.24) is 4.98 Å². The van der Waals surface area contributed by atoms with E-state index in [1.165, 1.54) is 0 Å². The van der Waals surface area contributed by atoms with Gasteiger partial charge in [-0.15, -0.1) is 11.3 Å². The molecule has 0 aliphatic rings. The van der Waals surface area contributed by atoms with E-state index in [4.69, 9.17) is 17.3 Å². The lowest BCUT2D eigenvalue weighted by atomic mass is 10.5. The van der Waals surface area contributed by atoms with Crippen molar-refractivity contribution in [3.8, 4) is 0 Å². The van der Waals surface area contributed by atoms with Crippen LogP contribution in [0.2, 0.25) is 5.15 Å². The van der Waals surface area contributed by atoms with Crippen LogP contribution in [0.3, 0.4) is 0 Å². The molecule has 0 unspecified atom stereocenters. The highest BCUT2D eigenvalue weighted by Crippen LogP contribution is 2.22. The summed E-state index contributed by atoms with van der Waals surface area (Å²) in [7, 11) is 0. The van der Waals surface area contributed by atoms with Crippen molar-refractivity contribution >= 4 is 28.1 Å². The monoisotopic (exact) mass is 205 g/mol. The van der Waals surface area contributed by atoms with Crippen LogP contribution >= 0.6 is 22.9 Å². The first-order valence-corrected chi connectivity index (χ1v) is 5.09. The summed E-state index contributed by atoms with van der Waals surface area (Å²) < 4.78 is 0. The van der Waals surface area contributed by atoms with Gasteiger partial charge in [0.25, 0.3) is 0 Å². The molecule has 0 saturated heterocycles. The fourth-order valence-electron chi connectivity index (χ4n) is 0.936. The molecular weight excluding hydrogens is 194 g/mol. The molecule has 0 fully saturated rings. The number of likely N-dealkylation sites (N-methyl/N-ethyl adjacent to an activating group) is 1. The van der Waals surface area contributed by atoms with Gasteiger partial charge in [-0.25, -0.2) is 4.98 Å². The summed E-state index contributed by atoms with van der Waals surface area (Å²) in [6.07, 6.45) is 0. The second kappa shape index (κ2) is 4.64. The Labute approximate surface area is 81.2 Å². The molecule has 0 saturated carbocycles. The number of rotatable bonds is 4. The van der Waals surface area contributed by atoms with Crippen molar-refractivity contribution in [2.75, 3.05) is 24.5 Å². The predicted octanol–water partition coefficient (Wildman–Crippen LogP) is 1.58. The van der Waals surface area contributed by atoms with Crippen LogP contribution in [-0.4, -0.2) is 24.6 Å². The van der Waals surface area contributed by atoms with Gasteiger partial charge in [0.1, 0.15) is 5.15 Å². The Morgan fingerprint density at radius 1 is 1.75 bits per heavy atom. The highest BCUT2D eigenvalue weighted by atomic mass is 35.5. The average Bonchev–Trinajstić information content (AvgIpc) is 2.47. The van der Waals surface area contributed by atoms with Crippen LogP contribution in [0.1, 0.15) is 6.92 Å². The third kappa shape index (κ3) is 2.33. The van der Waals surface area contributed by atoms with Crippen LogP contribution in [-0.2, 0) is 0 Å². The summed E-state index contributed by atoms with van der Waals surface area (Å²) in [5, 5.41) is 3.34. The summed E-state index contributed by atoms with van der Waals surface area (Å²) in [6.45, 7) is 4.47. The van der Waals surface area contributed by atoms with Gasteiger partial charge in [-0.2, -0.15) is 0 Å². The first-order valence-electron chi connectivity index (χ1n) is 3.84. The van der Waals surface area contributed by atoms with Crippen molar-refractivity contribution in [1.29, 1.82) is 0 Å². The maximum absolute atomic E-state index is 5.70. The molecule has 5 heteroatoms. The topological polar surface area (TPSA) is 42.1 Å². The number of halogens is 1. The summed E-state index contributed by atoms with van der Waals surface area (Å²) in [6, 6.07) is 0. The first-order chi connectivity index (χ1) is 5.77. The zero-order valence-corrected chi connectivity index (χ0v) is 8.53. The van der Waals surface area contributed by atoms with Crippen LogP contribution in [0.5, 0.6) is 0 Å². The van der Waals surface area contributed by atoms with E-state index < -0.39 is 0 Å². The van der Waals surface area contributed by atoms with Gasteiger partial charge in [0.05, 0.1) is 0 Å². The van der Waals surface area contributed by atoms with E-state index in [0.717, 1.165) is 18.2 Å². The number of aromatic nitrogens is 1. The van der Waals surface area contributed by atoms with Crippen molar-refractivity contribution in [2.24, 2.45) is 5.73 Å². The molecule has 1 aromatic rings. The Balaban J connectivity index is 2.66. The second-order valence-electron chi connectivity index (χ2n) is 2.32. The van der Waals surface area contributed by atoms with E-state index in [1.54, 1.807) is 11.3 Å². The largest absolute Gasteiger partial charge is 0.347 e. The summed E-state index contributed by atoms with van der Waals surface area (Å²) in [5.74, 6) is 0. The Bertz CT molecular complexity index is 238. The van der Waals surface area contributed by atoms with Crippen molar-refractivity contribution < 1.29 is 0 Å². The number of hydrogen-bond donors (Lipinski definition) is 1. The number of anilines is 1. The zero-order chi connectivity index (χ0) is 8.97. The van der Waals surface area contributed by atoms with Crippen molar-refractivity contribution in [3.05, 3.63) is 10.5 Å². The highest BCUT2D eigenvalue weighted by molar-refractivity contribution is 7.14. The van der Waals surface area contributed by atoms with E-state index in [9.17, 15) is 0 Å². The summed E-state index contributed by atoms with van der Waals surface area (Å²) in [5.41, 5.74) is 5.45. The van der Waals surface area contributed by atoms with Gasteiger partial charge in [-0.3, -0.25) is 0 Å². The van der Waals surface area contributed by atoms with Crippen LogP contribution in [0, 0.1) is 0 Å². The van der Waals surface area contributed by atoms with E-state index >= 15 is 0 Å². The SMILES string of the molecule is CCN(CCN)c1nc(Cl)cs1. The minimum Gasteiger partial charge on any atom is -0.347 e. The molecule has 1 heterocycles. The third-order valence-corrected chi connectivity index (χ3v) is 2.74. The smallest absolute Gasteiger partial charge is 0.186 e. The minimum atomic E-state index is 0.561. The van der Waals surface area contributed by atoms with E-state index in [-0.39, 0.29) is 0 Å². The Morgan fingerprint density at radius 2 is 2.50 bits per heavy atom. The average molecular weight is 206 g/mol. The number of hydrogen-bond acceptors (Lipinski definition) is 4. The fourth-order valence-corrected chi connectivity index (χ4v) is 1.98. The highest BCUT2D eigenvalue weighted by Gasteiger charge is 2.06. The van der Waals surface area contributed by atoms with E-state index in [2.05, 4.69) is 16.8 Å². The molecule has 68 valence electrons. The van der Waals surface area contributed by atoms with Crippen LogP contribution < -0.4 is 10.6 Å². The fraction of sp³-hybridized carbons (Fsp3) is 0.571. The van der Waals surface area contributed by atoms with Crippen LogP contribution in [0.15, 0.2) is 5.38 Å². The third-order valence-electron chi connectivity index (χ3n) is 1.52. The molecular formula is C7H12ClN3S. The van der Waals surface area contributed by atoms with Crippen LogP contribution in [0.25, 0.3) is 0 Å². The van der Waals surface area contributed by atoms with Gasteiger partial charge in [0.2, 0.25) is 0 Å². The lowest BCUT2D eigenvalue weighted by Gasteiger charge is -2.17. The van der Waals surface area contributed by atoms with Gasteiger partial charge >= 0.3 is 0 Å². The molecule has 0 radical (unpaired) electrons.